The number of benzene rings is 1. The topological polar surface area (TPSA) is 20.2 Å². The third-order valence-corrected chi connectivity index (χ3v) is 4.36. The lowest BCUT2D eigenvalue weighted by molar-refractivity contribution is 0.210. The molecule has 0 aromatic heterocycles. The fourth-order valence-corrected chi connectivity index (χ4v) is 2.88. The van der Waals surface area contributed by atoms with E-state index in [1.54, 1.807) is 0 Å². The average molecular weight is 276 g/mol. The van der Waals surface area contributed by atoms with Gasteiger partial charge in [-0.25, -0.2) is 0 Å². The summed E-state index contributed by atoms with van der Waals surface area (Å²) in [6, 6.07) is 10.4. The van der Waals surface area contributed by atoms with Gasteiger partial charge in [0, 0.05) is 10.1 Å². The number of aliphatic hydroxyl groups is 1. The van der Waals surface area contributed by atoms with E-state index in [1.807, 2.05) is 30.0 Å². The predicted molar refractivity (Wildman–Crippen MR) is 85.6 cm³/mol. The van der Waals surface area contributed by atoms with E-state index in [1.165, 1.54) is 10.5 Å². The van der Waals surface area contributed by atoms with E-state index in [0.717, 1.165) is 19.3 Å². The summed E-state index contributed by atoms with van der Waals surface area (Å²) in [5, 5.41) is 10.2. The van der Waals surface area contributed by atoms with Crippen LogP contribution in [0.2, 0.25) is 0 Å². The second kappa shape index (κ2) is 9.00. The molecule has 0 aliphatic heterocycles. The first-order valence-electron chi connectivity index (χ1n) is 6.85. The van der Waals surface area contributed by atoms with Gasteiger partial charge in [-0.3, -0.25) is 0 Å². The third-order valence-electron chi connectivity index (χ3n) is 2.89. The van der Waals surface area contributed by atoms with Crippen molar-refractivity contribution in [1.82, 2.24) is 0 Å². The van der Waals surface area contributed by atoms with E-state index in [0.29, 0.717) is 5.25 Å². The summed E-state index contributed by atoms with van der Waals surface area (Å²) in [5.74, 6) is 0. The van der Waals surface area contributed by atoms with Crippen LogP contribution in [0.5, 0.6) is 0 Å². The van der Waals surface area contributed by atoms with Crippen LogP contribution in [0.3, 0.4) is 0 Å². The molecule has 0 spiro atoms. The minimum atomic E-state index is -0.335. The van der Waals surface area contributed by atoms with Crippen LogP contribution in [0.1, 0.15) is 33.1 Å². The zero-order valence-electron chi connectivity index (χ0n) is 11.9. The second-order valence-electron chi connectivity index (χ2n) is 4.75. The molecule has 0 aliphatic carbocycles. The standard InChI is InChI=1S/C17H24OS/c1-4-5-9-15(18)12-13-17(14(2)3)19-16-10-7-6-8-11-16/h5-11,15,17-18H,2,4,12-13H2,1,3H3/b9-5+. The van der Waals surface area contributed by atoms with Crippen LogP contribution in [-0.2, 0) is 0 Å². The maximum absolute atomic E-state index is 9.85. The second-order valence-corrected chi connectivity index (χ2v) is 6.02. The summed E-state index contributed by atoms with van der Waals surface area (Å²) in [5.41, 5.74) is 1.17. The molecule has 1 N–H and O–H groups in total. The quantitative estimate of drug-likeness (QED) is 0.542. The molecule has 0 bridgehead atoms. The lowest BCUT2D eigenvalue weighted by Crippen LogP contribution is -2.10. The number of rotatable bonds is 8. The monoisotopic (exact) mass is 276 g/mol. The smallest absolute Gasteiger partial charge is 0.0721 e. The molecule has 1 aromatic rings. The van der Waals surface area contributed by atoms with Gasteiger partial charge >= 0.3 is 0 Å². The highest BCUT2D eigenvalue weighted by Crippen LogP contribution is 2.30. The van der Waals surface area contributed by atoms with Gasteiger partial charge in [0.15, 0.2) is 0 Å². The Hall–Kier alpha value is -0.990. The number of thioether (sulfide) groups is 1. The summed E-state index contributed by atoms with van der Waals surface area (Å²) >= 11 is 1.83. The summed E-state index contributed by atoms with van der Waals surface area (Å²) in [6.07, 6.45) is 6.28. The molecule has 0 saturated heterocycles. The zero-order valence-corrected chi connectivity index (χ0v) is 12.7. The van der Waals surface area contributed by atoms with Crippen LogP contribution < -0.4 is 0 Å². The van der Waals surface area contributed by atoms with E-state index >= 15 is 0 Å². The lowest BCUT2D eigenvalue weighted by atomic mass is 10.1. The number of hydrogen-bond donors (Lipinski definition) is 1. The molecule has 0 fully saturated rings. The van der Waals surface area contributed by atoms with Gasteiger partial charge in [-0.1, -0.05) is 49.4 Å². The largest absolute Gasteiger partial charge is 0.389 e. The molecule has 0 heterocycles. The van der Waals surface area contributed by atoms with Gasteiger partial charge in [0.05, 0.1) is 6.10 Å². The van der Waals surface area contributed by atoms with E-state index in [4.69, 9.17) is 0 Å². The highest BCUT2D eigenvalue weighted by Gasteiger charge is 2.13. The molecule has 0 aliphatic rings. The number of allylic oxidation sites excluding steroid dienone is 1. The van der Waals surface area contributed by atoms with Gasteiger partial charge in [-0.2, -0.15) is 0 Å². The Morgan fingerprint density at radius 3 is 2.58 bits per heavy atom. The van der Waals surface area contributed by atoms with E-state index < -0.39 is 0 Å². The van der Waals surface area contributed by atoms with E-state index in [9.17, 15) is 5.11 Å². The van der Waals surface area contributed by atoms with Gasteiger partial charge in [-0.15, -0.1) is 11.8 Å². The predicted octanol–water partition coefficient (Wildman–Crippen LogP) is 4.83. The highest BCUT2D eigenvalue weighted by atomic mass is 32.2. The van der Waals surface area contributed by atoms with Crippen molar-refractivity contribution in [3.63, 3.8) is 0 Å². The first kappa shape index (κ1) is 16.1. The van der Waals surface area contributed by atoms with Gasteiger partial charge in [-0.05, 0) is 38.3 Å². The number of hydrogen-bond acceptors (Lipinski definition) is 2. The summed E-state index contributed by atoms with van der Waals surface area (Å²) in [6.45, 7) is 8.21. The minimum Gasteiger partial charge on any atom is -0.389 e. The van der Waals surface area contributed by atoms with Crippen molar-refractivity contribution in [1.29, 1.82) is 0 Å². The van der Waals surface area contributed by atoms with Crippen LogP contribution in [-0.4, -0.2) is 16.5 Å². The molecule has 0 amide bonds. The van der Waals surface area contributed by atoms with Gasteiger partial charge in [0.1, 0.15) is 0 Å². The first-order valence-corrected chi connectivity index (χ1v) is 7.73. The van der Waals surface area contributed by atoms with Crippen molar-refractivity contribution < 1.29 is 5.11 Å². The SMILES string of the molecule is C=C(C)C(CCC(O)/C=C/CC)Sc1ccccc1. The van der Waals surface area contributed by atoms with Crippen LogP contribution in [0, 0.1) is 0 Å². The molecule has 104 valence electrons. The Bertz CT molecular complexity index is 397. The Labute approximate surface area is 121 Å². The molecule has 1 aromatic carbocycles. The van der Waals surface area contributed by atoms with Crippen LogP contribution >= 0.6 is 11.8 Å². The Balaban J connectivity index is 2.50. The normalized spacial score (nSPS) is 14.5. The molecular formula is C17H24OS. The maximum Gasteiger partial charge on any atom is 0.0721 e. The van der Waals surface area contributed by atoms with Gasteiger partial charge < -0.3 is 5.11 Å². The van der Waals surface area contributed by atoms with E-state index in [-0.39, 0.29) is 6.10 Å². The molecular weight excluding hydrogens is 252 g/mol. The molecule has 19 heavy (non-hydrogen) atoms. The fraction of sp³-hybridized carbons (Fsp3) is 0.412. The van der Waals surface area contributed by atoms with Crippen molar-refractivity contribution in [3.8, 4) is 0 Å². The van der Waals surface area contributed by atoms with Gasteiger partial charge in [0.25, 0.3) is 0 Å². The van der Waals surface area contributed by atoms with Crippen molar-refractivity contribution in [2.24, 2.45) is 0 Å². The first-order chi connectivity index (χ1) is 9.13. The average Bonchev–Trinajstić information content (AvgIpc) is 2.41. The molecule has 2 heteroatoms. The summed E-state index contributed by atoms with van der Waals surface area (Å²) in [4.78, 5) is 1.26. The van der Waals surface area contributed by atoms with Crippen molar-refractivity contribution >= 4 is 11.8 Å². The zero-order chi connectivity index (χ0) is 14.1. The molecule has 0 radical (unpaired) electrons. The fourth-order valence-electron chi connectivity index (χ4n) is 1.78. The molecule has 2 unspecified atom stereocenters. The van der Waals surface area contributed by atoms with Crippen LogP contribution in [0.4, 0.5) is 0 Å². The Kier molecular flexibility index (Phi) is 7.61. The summed E-state index contributed by atoms with van der Waals surface area (Å²) in [7, 11) is 0. The van der Waals surface area contributed by atoms with Crippen LogP contribution in [0.15, 0.2) is 59.5 Å². The maximum atomic E-state index is 9.85. The number of aliphatic hydroxyl groups excluding tert-OH is 1. The summed E-state index contributed by atoms with van der Waals surface area (Å²) < 4.78 is 0. The molecule has 1 rings (SSSR count). The molecule has 1 nitrogen and oxygen atoms in total. The lowest BCUT2D eigenvalue weighted by Gasteiger charge is -2.17. The third kappa shape index (κ3) is 6.65. The van der Waals surface area contributed by atoms with Gasteiger partial charge in [0.2, 0.25) is 0 Å². The van der Waals surface area contributed by atoms with Crippen molar-refractivity contribution in [3.05, 3.63) is 54.6 Å². The van der Waals surface area contributed by atoms with E-state index in [2.05, 4.69) is 44.7 Å². The Morgan fingerprint density at radius 2 is 2.00 bits per heavy atom. The van der Waals surface area contributed by atoms with Crippen molar-refractivity contribution in [2.45, 2.75) is 49.4 Å². The highest BCUT2D eigenvalue weighted by molar-refractivity contribution is 8.00. The molecule has 0 saturated carbocycles. The minimum absolute atomic E-state index is 0.335. The molecule has 2 atom stereocenters. The van der Waals surface area contributed by atoms with Crippen molar-refractivity contribution in [2.75, 3.05) is 0 Å². The Morgan fingerprint density at radius 1 is 1.32 bits per heavy atom. The van der Waals surface area contributed by atoms with Crippen LogP contribution in [0.25, 0.3) is 0 Å².